The number of amides is 1. The van der Waals surface area contributed by atoms with E-state index < -0.39 is 0 Å². The second-order valence-corrected chi connectivity index (χ2v) is 2.52. The van der Waals surface area contributed by atoms with Gasteiger partial charge in [-0.05, 0) is 6.20 Å². The molecule has 0 bridgehead atoms. The number of nitrogens with one attached hydrogen (secondary N) is 2. The van der Waals surface area contributed by atoms with Crippen molar-refractivity contribution in [1.29, 1.82) is 0 Å². The van der Waals surface area contributed by atoms with Crippen molar-refractivity contribution < 1.29 is 4.79 Å². The maximum absolute atomic E-state index is 10.6. The van der Waals surface area contributed by atoms with Crippen LogP contribution < -0.4 is 10.6 Å². The second-order valence-electron chi connectivity index (χ2n) is 2.52. The Morgan fingerprint density at radius 2 is 2.60 bits per heavy atom. The number of carbonyl (C=O) groups is 1. The van der Waals surface area contributed by atoms with Gasteiger partial charge in [0.05, 0.1) is 12.0 Å². The van der Waals surface area contributed by atoms with E-state index in [2.05, 4.69) is 17.2 Å². The number of rotatable bonds is 3. The Balaban J connectivity index is 2.20. The lowest BCUT2D eigenvalue weighted by Gasteiger charge is -2.34. The highest BCUT2D eigenvalue weighted by molar-refractivity contribution is 5.85. The highest BCUT2D eigenvalue weighted by Crippen LogP contribution is 2.12. The summed E-state index contributed by atoms with van der Waals surface area (Å²) in [6.45, 7) is 6.22. The summed E-state index contributed by atoms with van der Waals surface area (Å²) >= 11 is 0. The topological polar surface area (TPSA) is 41.1 Å². The molecule has 1 aliphatic heterocycles. The molecule has 10 heavy (non-hydrogen) atoms. The molecule has 0 radical (unpaired) electrons. The van der Waals surface area contributed by atoms with Crippen LogP contribution in [-0.4, -0.2) is 18.5 Å². The molecule has 2 N–H and O–H groups in total. The minimum Gasteiger partial charge on any atom is -0.389 e. The Morgan fingerprint density at radius 1 is 1.90 bits per heavy atom. The van der Waals surface area contributed by atoms with Gasteiger partial charge in [-0.2, -0.15) is 0 Å². The van der Waals surface area contributed by atoms with E-state index in [-0.39, 0.29) is 11.8 Å². The monoisotopic (exact) mass is 140 g/mol. The lowest BCUT2D eigenvalue weighted by Crippen LogP contribution is -2.60. The van der Waals surface area contributed by atoms with E-state index in [1.165, 1.54) is 0 Å². The highest BCUT2D eigenvalue weighted by atomic mass is 16.2. The molecular formula is C7H12N2O. The van der Waals surface area contributed by atoms with E-state index in [0.29, 0.717) is 6.04 Å². The summed E-state index contributed by atoms with van der Waals surface area (Å²) < 4.78 is 0. The summed E-state index contributed by atoms with van der Waals surface area (Å²) in [4.78, 5) is 10.6. The molecule has 0 unspecified atom stereocenters. The quantitative estimate of drug-likeness (QED) is 0.535. The van der Waals surface area contributed by atoms with Crippen LogP contribution in [0.15, 0.2) is 12.8 Å². The normalized spacial score (nSPS) is 30.3. The fourth-order valence-corrected chi connectivity index (χ4v) is 0.964. The number of hydrogen-bond donors (Lipinski definition) is 2. The Kier molecular flexibility index (Phi) is 1.94. The number of carbonyl (C=O) groups excluding carboxylic acids is 1. The van der Waals surface area contributed by atoms with Crippen LogP contribution in [0.5, 0.6) is 0 Å². The van der Waals surface area contributed by atoms with Crippen LogP contribution in [0.4, 0.5) is 0 Å². The molecule has 1 fully saturated rings. The molecule has 0 spiro atoms. The molecule has 3 heteroatoms. The van der Waals surface area contributed by atoms with E-state index in [1.807, 2.05) is 6.92 Å². The summed E-state index contributed by atoms with van der Waals surface area (Å²) in [7, 11) is 0. The number of hydrogen-bond acceptors (Lipinski definition) is 2. The van der Waals surface area contributed by atoms with Gasteiger partial charge in [-0.25, -0.2) is 0 Å². The summed E-state index contributed by atoms with van der Waals surface area (Å²) in [5.74, 6) is 0.309. The van der Waals surface area contributed by atoms with Gasteiger partial charge in [-0.1, -0.05) is 13.5 Å². The molecule has 1 rings (SSSR count). The zero-order chi connectivity index (χ0) is 7.56. The van der Waals surface area contributed by atoms with Crippen LogP contribution in [0, 0.1) is 5.92 Å². The third kappa shape index (κ3) is 1.12. The molecule has 1 aliphatic rings. The third-order valence-corrected chi connectivity index (χ3v) is 1.83. The second kappa shape index (κ2) is 2.73. The average molecular weight is 140 g/mol. The van der Waals surface area contributed by atoms with Crippen LogP contribution in [0.3, 0.4) is 0 Å². The van der Waals surface area contributed by atoms with E-state index >= 15 is 0 Å². The van der Waals surface area contributed by atoms with Crippen molar-refractivity contribution in [3.05, 3.63) is 12.8 Å². The first kappa shape index (κ1) is 7.12. The molecule has 0 aromatic rings. The Hall–Kier alpha value is -0.990. The van der Waals surface area contributed by atoms with Crippen LogP contribution in [0.1, 0.15) is 6.92 Å². The average Bonchev–Trinajstić information content (AvgIpc) is 1.97. The van der Waals surface area contributed by atoms with Crippen molar-refractivity contribution in [3.8, 4) is 0 Å². The van der Waals surface area contributed by atoms with E-state index in [4.69, 9.17) is 0 Å². The molecule has 1 heterocycles. The molecule has 0 saturated carbocycles. The van der Waals surface area contributed by atoms with Crippen molar-refractivity contribution >= 4 is 5.91 Å². The first-order chi connectivity index (χ1) is 4.75. The van der Waals surface area contributed by atoms with Crippen molar-refractivity contribution in [1.82, 2.24) is 10.6 Å². The van der Waals surface area contributed by atoms with E-state index in [9.17, 15) is 4.79 Å². The van der Waals surface area contributed by atoms with Gasteiger partial charge in [-0.3, -0.25) is 4.79 Å². The zero-order valence-electron chi connectivity index (χ0n) is 6.05. The lowest BCUT2D eigenvalue weighted by atomic mass is 9.93. The SMILES string of the molecule is C=CNC[C@H]1NC(=O)[C@H]1C. The molecular weight excluding hydrogens is 128 g/mol. The fourth-order valence-electron chi connectivity index (χ4n) is 0.964. The standard InChI is InChI=1S/C7H12N2O/c1-3-8-4-6-5(2)7(10)9-6/h3,5-6,8H,1,4H2,2H3,(H,9,10)/t5-,6+/m0/s1. The Bertz CT molecular complexity index is 156. The summed E-state index contributed by atoms with van der Waals surface area (Å²) in [6, 6.07) is 0.297. The van der Waals surface area contributed by atoms with Gasteiger partial charge < -0.3 is 10.6 Å². The van der Waals surface area contributed by atoms with Crippen molar-refractivity contribution in [2.24, 2.45) is 5.92 Å². The van der Waals surface area contributed by atoms with Gasteiger partial charge >= 0.3 is 0 Å². The smallest absolute Gasteiger partial charge is 0.225 e. The third-order valence-electron chi connectivity index (χ3n) is 1.83. The molecule has 1 amide bonds. The van der Waals surface area contributed by atoms with Gasteiger partial charge in [0.25, 0.3) is 0 Å². The number of β-lactam (4-membered cyclic amide) rings is 1. The van der Waals surface area contributed by atoms with Crippen LogP contribution in [0.25, 0.3) is 0 Å². The predicted octanol–water partition coefficient (Wildman–Crippen LogP) is -0.146. The Labute approximate surface area is 60.5 Å². The van der Waals surface area contributed by atoms with E-state index in [0.717, 1.165) is 6.54 Å². The van der Waals surface area contributed by atoms with Crippen LogP contribution >= 0.6 is 0 Å². The fraction of sp³-hybridized carbons (Fsp3) is 0.571. The zero-order valence-corrected chi connectivity index (χ0v) is 6.05. The van der Waals surface area contributed by atoms with Crippen molar-refractivity contribution in [2.45, 2.75) is 13.0 Å². The van der Waals surface area contributed by atoms with Gasteiger partial charge in [0, 0.05) is 6.54 Å². The van der Waals surface area contributed by atoms with Crippen molar-refractivity contribution in [3.63, 3.8) is 0 Å². The van der Waals surface area contributed by atoms with Gasteiger partial charge in [-0.15, -0.1) is 0 Å². The molecule has 3 nitrogen and oxygen atoms in total. The first-order valence-electron chi connectivity index (χ1n) is 3.40. The summed E-state index contributed by atoms with van der Waals surface area (Å²) in [5.41, 5.74) is 0. The molecule has 0 aliphatic carbocycles. The van der Waals surface area contributed by atoms with Crippen LogP contribution in [-0.2, 0) is 4.79 Å². The van der Waals surface area contributed by atoms with E-state index in [1.54, 1.807) is 6.20 Å². The highest BCUT2D eigenvalue weighted by Gasteiger charge is 2.34. The Morgan fingerprint density at radius 3 is 3.00 bits per heavy atom. The maximum atomic E-state index is 10.6. The summed E-state index contributed by atoms with van der Waals surface area (Å²) in [5, 5.41) is 5.73. The van der Waals surface area contributed by atoms with Crippen LogP contribution in [0.2, 0.25) is 0 Å². The molecule has 0 aromatic carbocycles. The van der Waals surface area contributed by atoms with Gasteiger partial charge in [0.2, 0.25) is 5.91 Å². The lowest BCUT2D eigenvalue weighted by molar-refractivity contribution is -0.133. The molecule has 0 aromatic heterocycles. The van der Waals surface area contributed by atoms with Gasteiger partial charge in [0.1, 0.15) is 0 Å². The summed E-state index contributed by atoms with van der Waals surface area (Å²) in [6.07, 6.45) is 1.64. The maximum Gasteiger partial charge on any atom is 0.225 e. The molecule has 1 saturated heterocycles. The minimum atomic E-state index is 0.149. The first-order valence-corrected chi connectivity index (χ1v) is 3.40. The minimum absolute atomic E-state index is 0.149. The molecule has 2 atom stereocenters. The predicted molar refractivity (Wildman–Crippen MR) is 39.3 cm³/mol. The van der Waals surface area contributed by atoms with Gasteiger partial charge in [0.15, 0.2) is 0 Å². The van der Waals surface area contributed by atoms with Crippen molar-refractivity contribution in [2.75, 3.05) is 6.54 Å². The largest absolute Gasteiger partial charge is 0.389 e. The molecule has 56 valence electrons.